The van der Waals surface area contributed by atoms with E-state index in [0.717, 1.165) is 5.56 Å². The summed E-state index contributed by atoms with van der Waals surface area (Å²) in [5.74, 6) is 0.218. The van der Waals surface area contributed by atoms with Crippen LogP contribution in [-0.4, -0.2) is 18.9 Å². The molecule has 0 saturated heterocycles. The van der Waals surface area contributed by atoms with E-state index >= 15 is 0 Å². The minimum absolute atomic E-state index is 0.0360. The van der Waals surface area contributed by atoms with Crippen LogP contribution in [0.1, 0.15) is 43.6 Å². The number of hydrogen-bond acceptors (Lipinski definition) is 3. The predicted molar refractivity (Wildman–Crippen MR) is 100 cm³/mol. The minimum atomic E-state index is -0.237. The van der Waals surface area contributed by atoms with Crippen molar-refractivity contribution in [2.24, 2.45) is 0 Å². The zero-order valence-electron chi connectivity index (χ0n) is 15.3. The maximum Gasteiger partial charge on any atom is 0.255 e. The summed E-state index contributed by atoms with van der Waals surface area (Å²) in [4.78, 5) is 23.6. The quantitative estimate of drug-likeness (QED) is 0.876. The molecular weight excluding hydrogens is 316 g/mol. The van der Waals surface area contributed by atoms with Crippen LogP contribution in [0.3, 0.4) is 0 Å². The molecule has 0 aliphatic carbocycles. The fourth-order valence-corrected chi connectivity index (χ4v) is 2.37. The highest BCUT2D eigenvalue weighted by Gasteiger charge is 2.17. The van der Waals surface area contributed by atoms with Gasteiger partial charge in [-0.2, -0.15) is 0 Å². The Hall–Kier alpha value is -2.82. The van der Waals surface area contributed by atoms with Gasteiger partial charge in [0.2, 0.25) is 5.91 Å². The van der Waals surface area contributed by atoms with Gasteiger partial charge in [-0.25, -0.2) is 0 Å². The maximum absolute atomic E-state index is 12.5. The van der Waals surface area contributed by atoms with Crippen LogP contribution in [-0.2, 0) is 10.2 Å². The first kappa shape index (κ1) is 18.5. The summed E-state index contributed by atoms with van der Waals surface area (Å²) in [6.07, 6.45) is 0. The molecule has 2 N–H and O–H groups in total. The molecule has 2 rings (SSSR count). The Balaban J connectivity index is 2.23. The average Bonchev–Trinajstić information content (AvgIpc) is 2.54. The third kappa shape index (κ3) is 4.83. The SMILES string of the molecule is COc1ccc(C(C)(C)C)cc1NC(=O)c1ccc(NC(C)=O)cc1. The first-order chi connectivity index (χ1) is 11.7. The van der Waals surface area contributed by atoms with E-state index in [2.05, 4.69) is 31.4 Å². The van der Waals surface area contributed by atoms with Crippen LogP contribution in [0.5, 0.6) is 5.75 Å². The van der Waals surface area contributed by atoms with E-state index in [9.17, 15) is 9.59 Å². The van der Waals surface area contributed by atoms with Gasteiger partial charge in [0.05, 0.1) is 12.8 Å². The van der Waals surface area contributed by atoms with E-state index in [1.807, 2.05) is 18.2 Å². The van der Waals surface area contributed by atoms with Crippen molar-refractivity contribution >= 4 is 23.2 Å². The summed E-state index contributed by atoms with van der Waals surface area (Å²) < 4.78 is 5.35. The lowest BCUT2D eigenvalue weighted by atomic mass is 9.87. The van der Waals surface area contributed by atoms with Gasteiger partial charge in [0.1, 0.15) is 5.75 Å². The van der Waals surface area contributed by atoms with E-state index in [1.165, 1.54) is 6.92 Å². The number of amides is 2. The van der Waals surface area contributed by atoms with Crippen LogP contribution in [0.15, 0.2) is 42.5 Å². The Labute approximate surface area is 148 Å². The lowest BCUT2D eigenvalue weighted by molar-refractivity contribution is -0.114. The standard InChI is InChI=1S/C20H24N2O3/c1-13(23)21-16-9-6-14(7-10-16)19(24)22-17-12-15(20(2,3)4)8-11-18(17)25-5/h6-12H,1-5H3,(H,21,23)(H,22,24). The molecule has 0 spiro atoms. The fourth-order valence-electron chi connectivity index (χ4n) is 2.37. The smallest absolute Gasteiger partial charge is 0.255 e. The number of nitrogens with one attached hydrogen (secondary N) is 2. The van der Waals surface area contributed by atoms with Gasteiger partial charge < -0.3 is 15.4 Å². The van der Waals surface area contributed by atoms with Crippen LogP contribution < -0.4 is 15.4 Å². The third-order valence-electron chi connectivity index (χ3n) is 3.78. The van der Waals surface area contributed by atoms with Crippen molar-refractivity contribution in [1.82, 2.24) is 0 Å². The second-order valence-electron chi connectivity index (χ2n) is 6.88. The van der Waals surface area contributed by atoms with Crippen molar-refractivity contribution in [1.29, 1.82) is 0 Å². The summed E-state index contributed by atoms with van der Waals surface area (Å²) in [6, 6.07) is 12.5. The van der Waals surface area contributed by atoms with Crippen molar-refractivity contribution in [2.75, 3.05) is 17.7 Å². The Kier molecular flexibility index (Phi) is 5.47. The molecule has 0 aliphatic heterocycles. The molecular formula is C20H24N2O3. The lowest BCUT2D eigenvalue weighted by Gasteiger charge is -2.21. The molecule has 2 aromatic carbocycles. The highest BCUT2D eigenvalue weighted by atomic mass is 16.5. The summed E-state index contributed by atoms with van der Waals surface area (Å²) in [5.41, 5.74) is 2.84. The zero-order valence-corrected chi connectivity index (χ0v) is 15.3. The number of anilines is 2. The molecule has 0 aliphatic rings. The maximum atomic E-state index is 12.5. The second-order valence-corrected chi connectivity index (χ2v) is 6.88. The van der Waals surface area contributed by atoms with Gasteiger partial charge in [0, 0.05) is 18.2 Å². The number of carbonyl (C=O) groups excluding carboxylic acids is 2. The second kappa shape index (κ2) is 7.38. The first-order valence-corrected chi connectivity index (χ1v) is 8.08. The van der Waals surface area contributed by atoms with Crippen molar-refractivity contribution in [3.63, 3.8) is 0 Å². The molecule has 132 valence electrons. The summed E-state index contributed by atoms with van der Waals surface area (Å²) in [6.45, 7) is 7.78. The minimum Gasteiger partial charge on any atom is -0.495 e. The molecule has 0 bridgehead atoms. The molecule has 0 unspecified atom stereocenters. The Morgan fingerprint density at radius 1 is 0.960 bits per heavy atom. The van der Waals surface area contributed by atoms with Gasteiger partial charge in [0.25, 0.3) is 5.91 Å². The average molecular weight is 340 g/mol. The molecule has 2 amide bonds. The fraction of sp³-hybridized carbons (Fsp3) is 0.300. The van der Waals surface area contributed by atoms with Crippen molar-refractivity contribution in [3.05, 3.63) is 53.6 Å². The summed E-state index contributed by atoms with van der Waals surface area (Å²) >= 11 is 0. The van der Waals surface area contributed by atoms with Crippen LogP contribution in [0.2, 0.25) is 0 Å². The first-order valence-electron chi connectivity index (χ1n) is 8.08. The van der Waals surface area contributed by atoms with Crippen LogP contribution in [0.4, 0.5) is 11.4 Å². The van der Waals surface area contributed by atoms with Gasteiger partial charge >= 0.3 is 0 Å². The highest BCUT2D eigenvalue weighted by molar-refractivity contribution is 6.05. The Bertz CT molecular complexity index is 775. The van der Waals surface area contributed by atoms with Crippen molar-refractivity contribution in [2.45, 2.75) is 33.1 Å². The molecule has 0 atom stereocenters. The molecule has 0 aromatic heterocycles. The van der Waals surface area contributed by atoms with E-state index in [1.54, 1.807) is 31.4 Å². The van der Waals surface area contributed by atoms with Gasteiger partial charge in [0.15, 0.2) is 0 Å². The predicted octanol–water partition coefficient (Wildman–Crippen LogP) is 4.20. The van der Waals surface area contributed by atoms with Crippen LogP contribution in [0.25, 0.3) is 0 Å². The topological polar surface area (TPSA) is 67.4 Å². The number of carbonyl (C=O) groups is 2. The van der Waals surface area contributed by atoms with Crippen molar-refractivity contribution in [3.8, 4) is 5.75 Å². The van der Waals surface area contributed by atoms with Crippen LogP contribution in [0, 0.1) is 0 Å². The highest BCUT2D eigenvalue weighted by Crippen LogP contribution is 2.31. The molecule has 5 nitrogen and oxygen atoms in total. The molecule has 0 fully saturated rings. The molecule has 0 radical (unpaired) electrons. The van der Waals surface area contributed by atoms with Gasteiger partial charge in [-0.15, -0.1) is 0 Å². The van der Waals surface area contributed by atoms with E-state index in [0.29, 0.717) is 22.7 Å². The summed E-state index contributed by atoms with van der Waals surface area (Å²) in [7, 11) is 1.57. The number of methoxy groups -OCH3 is 1. The number of benzene rings is 2. The molecule has 0 heterocycles. The van der Waals surface area contributed by atoms with E-state index < -0.39 is 0 Å². The Morgan fingerprint density at radius 3 is 2.12 bits per heavy atom. The molecule has 2 aromatic rings. The van der Waals surface area contributed by atoms with Gasteiger partial charge in [-0.3, -0.25) is 9.59 Å². The van der Waals surface area contributed by atoms with Gasteiger partial charge in [-0.05, 0) is 47.4 Å². The largest absolute Gasteiger partial charge is 0.495 e. The lowest BCUT2D eigenvalue weighted by Crippen LogP contribution is -2.15. The van der Waals surface area contributed by atoms with Crippen LogP contribution >= 0.6 is 0 Å². The van der Waals surface area contributed by atoms with Gasteiger partial charge in [-0.1, -0.05) is 26.8 Å². The van der Waals surface area contributed by atoms with Crippen molar-refractivity contribution < 1.29 is 14.3 Å². The molecule has 25 heavy (non-hydrogen) atoms. The molecule has 0 saturated carbocycles. The van der Waals surface area contributed by atoms with E-state index in [-0.39, 0.29) is 17.2 Å². The number of rotatable bonds is 4. The normalized spacial score (nSPS) is 10.9. The monoisotopic (exact) mass is 340 g/mol. The molecule has 5 heteroatoms. The summed E-state index contributed by atoms with van der Waals surface area (Å²) in [5, 5.41) is 5.57. The number of hydrogen-bond donors (Lipinski definition) is 2. The Morgan fingerprint density at radius 2 is 1.60 bits per heavy atom. The number of ether oxygens (including phenoxy) is 1. The van der Waals surface area contributed by atoms with E-state index in [4.69, 9.17) is 4.74 Å². The zero-order chi connectivity index (χ0) is 18.6. The third-order valence-corrected chi connectivity index (χ3v) is 3.78.